The van der Waals surface area contributed by atoms with E-state index >= 15 is 0 Å². The van der Waals surface area contributed by atoms with E-state index in [1.807, 2.05) is 166 Å². The molecule has 16 N–H and O–H groups in total. The fourth-order valence-electron chi connectivity index (χ4n) is 7.07. The summed E-state index contributed by atoms with van der Waals surface area (Å²) < 4.78 is 4.53. The van der Waals surface area contributed by atoms with Crippen molar-refractivity contribution >= 4 is 132 Å². The molecule has 4 heterocycles. The molecule has 0 aliphatic rings. The number of thiazole rings is 4. The first-order valence-corrected chi connectivity index (χ1v) is 25.1. The first-order chi connectivity index (χ1) is 33.7. The van der Waals surface area contributed by atoms with Gasteiger partial charge >= 0.3 is 0 Å². The average molecular weight is 993 g/mol. The van der Waals surface area contributed by atoms with Crippen molar-refractivity contribution in [2.75, 3.05) is 45.9 Å². The normalized spacial score (nSPS) is 10.9. The van der Waals surface area contributed by atoms with Gasteiger partial charge in [-0.1, -0.05) is 0 Å². The van der Waals surface area contributed by atoms with Crippen molar-refractivity contribution in [1.29, 1.82) is 0 Å². The molecule has 0 bridgehead atoms. The molecule has 8 aromatic carbocycles. The van der Waals surface area contributed by atoms with E-state index in [2.05, 4.69) is 26.0 Å². The molecule has 12 rings (SSSR count). The monoisotopic (exact) mass is 992 g/mol. The van der Waals surface area contributed by atoms with Gasteiger partial charge in [0.05, 0.1) is 40.9 Å². The third-order valence-electron chi connectivity index (χ3n) is 11.0. The lowest BCUT2D eigenvalue weighted by atomic mass is 10.2. The number of aromatic nitrogens is 4. The summed E-state index contributed by atoms with van der Waals surface area (Å²) >= 11 is 6.61. The minimum absolute atomic E-state index is 0.742. The summed E-state index contributed by atoms with van der Waals surface area (Å²) in [7, 11) is 0. The number of benzene rings is 8. The number of nitrogens with two attached hydrogens (primary N) is 8. The molecule has 0 aliphatic carbocycles. The molecule has 0 saturated heterocycles. The fraction of sp³-hybridized carbons (Fsp3) is 0.0370. The third-order valence-corrected chi connectivity index (χ3v) is 15.3. The molecule has 12 nitrogen and oxygen atoms in total. The Labute approximate surface area is 419 Å². The number of aryl methyl sites for hydroxylation is 2. The molecular weight excluding hydrogens is 945 g/mol. The van der Waals surface area contributed by atoms with Gasteiger partial charge < -0.3 is 45.9 Å². The maximum absolute atomic E-state index is 5.92. The maximum atomic E-state index is 5.92. The van der Waals surface area contributed by atoms with Crippen molar-refractivity contribution in [2.24, 2.45) is 0 Å². The number of fused-ring (bicyclic) bond motifs is 4. The number of rotatable bonds is 4. The number of nitrogens with zero attached hydrogens (tertiary/aromatic N) is 4. The molecule has 4 aromatic heterocycles. The molecule has 0 amide bonds. The van der Waals surface area contributed by atoms with E-state index in [1.54, 1.807) is 45.3 Å². The van der Waals surface area contributed by atoms with Crippen molar-refractivity contribution in [1.82, 2.24) is 19.9 Å². The van der Waals surface area contributed by atoms with E-state index < -0.39 is 0 Å². The first kappa shape index (κ1) is 46.8. The molecule has 16 heteroatoms. The molecule has 0 spiro atoms. The molecule has 70 heavy (non-hydrogen) atoms. The Kier molecular flexibility index (Phi) is 13.5. The lowest BCUT2D eigenvalue weighted by molar-refractivity contribution is 1.44. The summed E-state index contributed by atoms with van der Waals surface area (Å²) in [6.45, 7) is 4.01. The second-order valence-corrected chi connectivity index (χ2v) is 20.5. The van der Waals surface area contributed by atoms with E-state index in [4.69, 9.17) is 45.9 Å². The Balaban J connectivity index is 0.000000116. The van der Waals surface area contributed by atoms with Crippen LogP contribution in [0.1, 0.15) is 11.1 Å². The van der Waals surface area contributed by atoms with Crippen molar-refractivity contribution in [3.63, 3.8) is 0 Å². The topological polar surface area (TPSA) is 260 Å². The molecule has 0 radical (unpaired) electrons. The lowest BCUT2D eigenvalue weighted by Crippen LogP contribution is -1.88. The standard InChI is InChI=1S/2C14H13N3S.2C13H11N3S/c1-8-6-13-12(7-11(8)16)17-14(18-13)9-2-4-10(15)5-3-9;1-8-6-12-13(7-11(8)16)18-14(17-12)9-2-4-10(15)5-3-9;14-9-3-1-8(2-4-9)13-16-11-7-10(15)5-6-12(11)17-13;14-9-3-1-8(2-4-9)13-16-11-6-5-10(15)7-12(11)17-13/h2*2-7H,15-16H2,1H3;2*1-7H,14-15H2. The van der Waals surface area contributed by atoms with Gasteiger partial charge in [-0.3, -0.25) is 0 Å². The minimum atomic E-state index is 0.742. The Morgan fingerprint density at radius 2 is 0.586 bits per heavy atom. The molecule has 0 atom stereocenters. The highest BCUT2D eigenvalue weighted by molar-refractivity contribution is 7.22. The fourth-order valence-corrected chi connectivity index (χ4v) is 11.1. The van der Waals surface area contributed by atoms with E-state index in [0.717, 1.165) is 140 Å². The van der Waals surface area contributed by atoms with Crippen LogP contribution in [-0.2, 0) is 0 Å². The zero-order valence-electron chi connectivity index (χ0n) is 38.1. The molecule has 348 valence electrons. The van der Waals surface area contributed by atoms with Crippen LogP contribution in [0.3, 0.4) is 0 Å². The average Bonchev–Trinajstić information content (AvgIpc) is 4.16. The summed E-state index contributed by atoms with van der Waals surface area (Å²) in [5.74, 6) is 0. The lowest BCUT2D eigenvalue weighted by Gasteiger charge is -1.97. The van der Waals surface area contributed by atoms with Crippen LogP contribution in [0, 0.1) is 13.8 Å². The number of nitrogen functional groups attached to an aromatic ring is 8. The largest absolute Gasteiger partial charge is 0.399 e. The highest BCUT2D eigenvalue weighted by Gasteiger charge is 2.11. The highest BCUT2D eigenvalue weighted by atomic mass is 32.1. The quantitative estimate of drug-likeness (QED) is 0.0766. The van der Waals surface area contributed by atoms with Gasteiger partial charge in [0.2, 0.25) is 0 Å². The van der Waals surface area contributed by atoms with Gasteiger partial charge in [-0.15, -0.1) is 45.3 Å². The minimum Gasteiger partial charge on any atom is -0.399 e. The molecular formula is C54H48N12S4. The van der Waals surface area contributed by atoms with Gasteiger partial charge in [0.1, 0.15) is 20.0 Å². The summed E-state index contributed by atoms with van der Waals surface area (Å²) in [5, 5.41) is 3.97. The zero-order valence-corrected chi connectivity index (χ0v) is 41.3. The van der Waals surface area contributed by atoms with Crippen molar-refractivity contribution in [3.8, 4) is 42.3 Å². The molecule has 0 aliphatic heterocycles. The van der Waals surface area contributed by atoms with Crippen LogP contribution in [0.15, 0.2) is 158 Å². The Morgan fingerprint density at radius 3 is 1.06 bits per heavy atom. The molecule has 12 aromatic rings. The Morgan fingerprint density at radius 1 is 0.271 bits per heavy atom. The summed E-state index contributed by atoms with van der Waals surface area (Å²) in [5.41, 5.74) is 62.6. The SMILES string of the molecule is Cc1cc2nc(-c3ccc(N)cc3)sc2cc1N.Cc1cc2sc(-c3ccc(N)cc3)nc2cc1N.Nc1ccc(-c2nc3cc(N)ccc3s2)cc1.Nc1ccc(-c2nc3ccc(N)cc3s2)cc1. The second kappa shape index (κ2) is 20.1. The van der Waals surface area contributed by atoms with E-state index in [0.29, 0.717) is 0 Å². The van der Waals surface area contributed by atoms with Gasteiger partial charge in [0, 0.05) is 67.8 Å². The van der Waals surface area contributed by atoms with Gasteiger partial charge in [-0.25, -0.2) is 19.9 Å². The van der Waals surface area contributed by atoms with Crippen molar-refractivity contribution in [3.05, 3.63) is 169 Å². The summed E-state index contributed by atoms with van der Waals surface area (Å²) in [4.78, 5) is 18.4. The van der Waals surface area contributed by atoms with Gasteiger partial charge in [0.15, 0.2) is 0 Å². The Bertz CT molecular complexity index is 3440. The number of anilines is 8. The van der Waals surface area contributed by atoms with Crippen LogP contribution >= 0.6 is 45.3 Å². The van der Waals surface area contributed by atoms with Gasteiger partial charge in [-0.05, 0) is 183 Å². The number of hydrogen-bond donors (Lipinski definition) is 8. The summed E-state index contributed by atoms with van der Waals surface area (Å²) in [6.07, 6.45) is 0. The Hall–Kier alpha value is -8.28. The van der Waals surface area contributed by atoms with Crippen LogP contribution in [0.25, 0.3) is 83.2 Å². The smallest absolute Gasteiger partial charge is 0.124 e. The third kappa shape index (κ3) is 10.9. The predicted octanol–water partition coefficient (Wildman–Crippen LogP) is 13.1. The van der Waals surface area contributed by atoms with Crippen LogP contribution in [0.4, 0.5) is 45.5 Å². The van der Waals surface area contributed by atoms with Crippen molar-refractivity contribution < 1.29 is 0 Å². The zero-order chi connectivity index (χ0) is 49.1. The highest BCUT2D eigenvalue weighted by Crippen LogP contribution is 2.36. The van der Waals surface area contributed by atoms with Crippen molar-refractivity contribution in [2.45, 2.75) is 13.8 Å². The van der Waals surface area contributed by atoms with Crippen LogP contribution in [0.2, 0.25) is 0 Å². The molecule has 0 saturated carbocycles. The number of hydrogen-bond acceptors (Lipinski definition) is 16. The first-order valence-electron chi connectivity index (χ1n) is 21.8. The van der Waals surface area contributed by atoms with E-state index in [9.17, 15) is 0 Å². The molecule has 0 fully saturated rings. The van der Waals surface area contributed by atoms with Gasteiger partial charge in [0.25, 0.3) is 0 Å². The maximum Gasteiger partial charge on any atom is 0.124 e. The van der Waals surface area contributed by atoms with Crippen LogP contribution in [0.5, 0.6) is 0 Å². The summed E-state index contributed by atoms with van der Waals surface area (Å²) in [6, 6.07) is 50.6. The molecule has 0 unspecified atom stereocenters. The second-order valence-electron chi connectivity index (χ2n) is 16.4. The van der Waals surface area contributed by atoms with Gasteiger partial charge in [-0.2, -0.15) is 0 Å². The van der Waals surface area contributed by atoms with Crippen LogP contribution < -0.4 is 45.9 Å². The van der Waals surface area contributed by atoms with E-state index in [1.165, 1.54) is 0 Å². The van der Waals surface area contributed by atoms with Crippen LogP contribution in [-0.4, -0.2) is 19.9 Å². The predicted molar refractivity (Wildman–Crippen MR) is 305 cm³/mol. The van der Waals surface area contributed by atoms with E-state index in [-0.39, 0.29) is 0 Å².